The van der Waals surface area contributed by atoms with Crippen LogP contribution in [0.2, 0.25) is 0 Å². The number of hydrogen-bond acceptors (Lipinski definition) is 5. The van der Waals surface area contributed by atoms with Gasteiger partial charge in [0.05, 0.1) is 47.8 Å². The molecule has 0 radical (unpaired) electrons. The van der Waals surface area contributed by atoms with Gasteiger partial charge in [0.2, 0.25) is 0 Å². The lowest BCUT2D eigenvalue weighted by Gasteiger charge is -2.37. The number of nitrogens with two attached hydrogens (primary N) is 1. The molecule has 1 unspecified atom stereocenters. The van der Waals surface area contributed by atoms with Crippen molar-refractivity contribution in [1.29, 1.82) is 0 Å². The van der Waals surface area contributed by atoms with Gasteiger partial charge in [0.1, 0.15) is 22.9 Å². The van der Waals surface area contributed by atoms with Gasteiger partial charge >= 0.3 is 6.18 Å². The number of carbonyl (C=O) groups is 1. The first-order valence-electron chi connectivity index (χ1n) is 11.0. The Morgan fingerprint density at radius 1 is 1.17 bits per heavy atom. The lowest BCUT2D eigenvalue weighted by molar-refractivity contribution is -0.137. The molecule has 4 aromatic rings. The minimum absolute atomic E-state index is 0.0308. The van der Waals surface area contributed by atoms with Gasteiger partial charge < -0.3 is 15.4 Å². The van der Waals surface area contributed by atoms with E-state index >= 15 is 4.39 Å². The lowest BCUT2D eigenvalue weighted by atomic mass is 9.92. The number of rotatable bonds is 3. The van der Waals surface area contributed by atoms with Gasteiger partial charge in [-0.3, -0.25) is 9.20 Å². The van der Waals surface area contributed by atoms with Crippen LogP contribution < -0.4 is 10.5 Å². The van der Waals surface area contributed by atoms with Crippen LogP contribution in [0.4, 0.5) is 23.4 Å². The summed E-state index contributed by atoms with van der Waals surface area (Å²) in [5.41, 5.74) is 6.60. The molecule has 0 spiro atoms. The normalized spacial score (nSPS) is 16.7. The minimum atomic E-state index is -4.53. The molecule has 182 valence electrons. The Hall–Kier alpha value is -3.89. The number of fused-ring (bicyclic) bond motifs is 3. The molecule has 1 aliphatic rings. The zero-order chi connectivity index (χ0) is 24.9. The molecule has 1 aliphatic heterocycles. The fourth-order valence-corrected chi connectivity index (χ4v) is 4.68. The molecule has 2 aromatic carbocycles. The summed E-state index contributed by atoms with van der Waals surface area (Å²) in [5.74, 6) is -1.12. The van der Waals surface area contributed by atoms with Crippen molar-refractivity contribution in [3.8, 4) is 5.75 Å². The van der Waals surface area contributed by atoms with Crippen molar-refractivity contribution < 1.29 is 27.1 Å². The third-order valence-electron chi connectivity index (χ3n) is 6.38. The van der Waals surface area contributed by atoms with Crippen molar-refractivity contribution in [1.82, 2.24) is 19.3 Å². The Morgan fingerprint density at radius 2 is 1.97 bits per heavy atom. The average Bonchev–Trinajstić information content (AvgIpc) is 3.33. The summed E-state index contributed by atoms with van der Waals surface area (Å²) in [6, 6.07) is 5.21. The smallest absolute Gasteiger partial charge is 0.416 e. The largest absolute Gasteiger partial charge is 0.496 e. The number of aromatic nitrogens is 3. The molecule has 7 nitrogen and oxygen atoms in total. The number of anilines is 1. The average molecular weight is 487 g/mol. The van der Waals surface area contributed by atoms with E-state index in [1.54, 1.807) is 4.40 Å². The summed E-state index contributed by atoms with van der Waals surface area (Å²) >= 11 is 0. The van der Waals surface area contributed by atoms with Crippen LogP contribution in [0.5, 0.6) is 5.75 Å². The number of methoxy groups -OCH3 is 1. The summed E-state index contributed by atoms with van der Waals surface area (Å²) in [6.45, 7) is 0.325. The van der Waals surface area contributed by atoms with Crippen LogP contribution in [0.1, 0.15) is 46.8 Å². The zero-order valence-corrected chi connectivity index (χ0v) is 18.6. The number of piperidine rings is 1. The number of halogens is 4. The monoisotopic (exact) mass is 487 g/mol. The van der Waals surface area contributed by atoms with Crippen LogP contribution in [-0.2, 0) is 6.18 Å². The number of nitrogens with zero attached hydrogens (tertiary/aromatic N) is 4. The number of nitrogen functional groups attached to an aromatic ring is 1. The molecule has 0 bridgehead atoms. The van der Waals surface area contributed by atoms with Gasteiger partial charge in [-0.05, 0) is 37.5 Å². The van der Waals surface area contributed by atoms with E-state index in [4.69, 9.17) is 10.5 Å². The number of imidazole rings is 1. The van der Waals surface area contributed by atoms with Crippen molar-refractivity contribution in [3.05, 3.63) is 65.4 Å². The molecule has 0 saturated carbocycles. The molecule has 35 heavy (non-hydrogen) atoms. The molecule has 1 fully saturated rings. The van der Waals surface area contributed by atoms with Crippen molar-refractivity contribution in [2.45, 2.75) is 31.5 Å². The van der Waals surface area contributed by atoms with Crippen molar-refractivity contribution in [2.75, 3.05) is 19.4 Å². The predicted molar refractivity (Wildman–Crippen MR) is 120 cm³/mol. The Morgan fingerprint density at radius 3 is 2.71 bits per heavy atom. The van der Waals surface area contributed by atoms with Crippen LogP contribution >= 0.6 is 0 Å². The van der Waals surface area contributed by atoms with E-state index in [1.807, 2.05) is 0 Å². The second-order valence-corrected chi connectivity index (χ2v) is 8.43. The molecular formula is C24H21F4N5O2. The van der Waals surface area contributed by atoms with E-state index in [0.29, 0.717) is 36.0 Å². The highest BCUT2D eigenvalue weighted by Crippen LogP contribution is 2.40. The molecule has 2 N–H and O–H groups in total. The molecule has 2 aromatic heterocycles. The third-order valence-corrected chi connectivity index (χ3v) is 6.38. The van der Waals surface area contributed by atoms with Crippen LogP contribution in [0, 0.1) is 5.82 Å². The van der Waals surface area contributed by atoms with Crippen LogP contribution in [0.25, 0.3) is 16.6 Å². The number of likely N-dealkylation sites (tertiary alicyclic amines) is 1. The first-order valence-corrected chi connectivity index (χ1v) is 11.0. The molecule has 5 rings (SSSR count). The Bertz CT molecular complexity index is 1450. The lowest BCUT2D eigenvalue weighted by Crippen LogP contribution is -2.39. The molecule has 1 amide bonds. The van der Waals surface area contributed by atoms with Crippen molar-refractivity contribution in [3.63, 3.8) is 0 Å². The SMILES string of the molecule is COc1cc(C(F)(F)F)ccc1C1CCCCN1C(=O)c1cc2c(cc1F)nc(N)c1cncn12. The summed E-state index contributed by atoms with van der Waals surface area (Å²) in [7, 11) is 1.28. The Kier molecular flexibility index (Phi) is 5.49. The topological polar surface area (TPSA) is 85.8 Å². The van der Waals surface area contributed by atoms with Crippen LogP contribution in [-0.4, -0.2) is 38.8 Å². The molecule has 3 heterocycles. The molecule has 0 aliphatic carbocycles. The summed E-state index contributed by atoms with van der Waals surface area (Å²) < 4.78 is 61.6. The zero-order valence-electron chi connectivity index (χ0n) is 18.6. The van der Waals surface area contributed by atoms with E-state index in [2.05, 4.69) is 9.97 Å². The van der Waals surface area contributed by atoms with Gasteiger partial charge in [0, 0.05) is 18.2 Å². The number of alkyl halides is 3. The Labute approximate surface area is 197 Å². The third kappa shape index (κ3) is 3.90. The predicted octanol–water partition coefficient (Wildman–Crippen LogP) is 5.00. The van der Waals surface area contributed by atoms with Crippen LogP contribution in [0.3, 0.4) is 0 Å². The van der Waals surface area contributed by atoms with Gasteiger partial charge in [0.15, 0.2) is 0 Å². The van der Waals surface area contributed by atoms with Crippen molar-refractivity contribution in [2.24, 2.45) is 0 Å². The maximum absolute atomic E-state index is 15.1. The van der Waals surface area contributed by atoms with E-state index in [9.17, 15) is 18.0 Å². The maximum Gasteiger partial charge on any atom is 0.416 e. The number of ether oxygens (including phenoxy) is 1. The highest BCUT2D eigenvalue weighted by molar-refractivity contribution is 5.98. The first kappa shape index (κ1) is 22.9. The number of amides is 1. The number of benzene rings is 2. The van der Waals surface area contributed by atoms with E-state index in [1.165, 1.54) is 36.7 Å². The van der Waals surface area contributed by atoms with Gasteiger partial charge in [-0.25, -0.2) is 14.4 Å². The summed E-state index contributed by atoms with van der Waals surface area (Å²) in [6.07, 6.45) is 0.440. The summed E-state index contributed by atoms with van der Waals surface area (Å²) in [5, 5.41) is 0. The van der Waals surface area contributed by atoms with E-state index < -0.39 is 29.5 Å². The Balaban J connectivity index is 1.58. The van der Waals surface area contributed by atoms with E-state index in [0.717, 1.165) is 24.6 Å². The van der Waals surface area contributed by atoms with E-state index in [-0.39, 0.29) is 22.6 Å². The molecule has 1 atom stereocenters. The van der Waals surface area contributed by atoms with Crippen molar-refractivity contribution >= 4 is 28.3 Å². The fraction of sp³-hybridized carbons (Fsp3) is 0.292. The van der Waals surface area contributed by atoms with Gasteiger partial charge in [0.25, 0.3) is 5.91 Å². The quantitative estimate of drug-likeness (QED) is 0.411. The number of carbonyl (C=O) groups excluding carboxylic acids is 1. The minimum Gasteiger partial charge on any atom is -0.496 e. The van der Waals surface area contributed by atoms with Gasteiger partial charge in [-0.15, -0.1) is 0 Å². The van der Waals surface area contributed by atoms with Crippen LogP contribution in [0.15, 0.2) is 42.9 Å². The maximum atomic E-state index is 15.1. The first-order chi connectivity index (χ1) is 16.7. The van der Waals surface area contributed by atoms with Gasteiger partial charge in [-0.2, -0.15) is 13.2 Å². The number of hydrogen-bond donors (Lipinski definition) is 1. The summed E-state index contributed by atoms with van der Waals surface area (Å²) in [4.78, 5) is 23.4. The molecule has 11 heteroatoms. The highest BCUT2D eigenvalue weighted by atomic mass is 19.4. The second-order valence-electron chi connectivity index (χ2n) is 8.43. The van der Waals surface area contributed by atoms with Gasteiger partial charge in [-0.1, -0.05) is 6.07 Å². The fourth-order valence-electron chi connectivity index (χ4n) is 4.68. The molecule has 1 saturated heterocycles. The standard InChI is InChI=1S/C24H21F4N5O2/c1-35-21-8-13(24(26,27)28)5-6-14(21)18-4-2-3-7-32(18)23(34)15-9-19-17(10-16(15)25)31-22(29)20-11-30-12-33(19)20/h5-6,8-12,18H,2-4,7H2,1H3,(H2,29,31). The highest BCUT2D eigenvalue weighted by Gasteiger charge is 2.35. The second kappa shape index (κ2) is 8.40. The molecular weight excluding hydrogens is 466 g/mol.